The van der Waals surface area contributed by atoms with Crippen molar-refractivity contribution in [3.63, 3.8) is 0 Å². The van der Waals surface area contributed by atoms with E-state index in [1.165, 1.54) is 26.4 Å². The van der Waals surface area contributed by atoms with Crippen molar-refractivity contribution in [1.82, 2.24) is 4.90 Å². The van der Waals surface area contributed by atoms with E-state index >= 15 is 0 Å². The summed E-state index contributed by atoms with van der Waals surface area (Å²) in [6.07, 6.45) is -2.38. The van der Waals surface area contributed by atoms with E-state index in [4.69, 9.17) is 4.74 Å². The maximum absolute atomic E-state index is 12.9. The second-order valence-corrected chi connectivity index (χ2v) is 9.39. The smallest absolute Gasteiger partial charge is 0.416 e. The Bertz CT molecular complexity index is 1010. The van der Waals surface area contributed by atoms with Crippen molar-refractivity contribution < 1.29 is 40.6 Å². The van der Waals surface area contributed by atoms with Crippen LogP contribution in [-0.4, -0.2) is 38.2 Å². The summed E-state index contributed by atoms with van der Waals surface area (Å²) in [5.41, 5.74) is -1.27. The van der Waals surface area contributed by atoms with Crippen molar-refractivity contribution in [2.45, 2.75) is 64.3 Å². The maximum Gasteiger partial charge on any atom is 0.416 e. The third-order valence-corrected chi connectivity index (χ3v) is 5.96. The molecule has 0 radical (unpaired) electrons. The summed E-state index contributed by atoms with van der Waals surface area (Å²) in [7, 11) is 3.03. The number of halogens is 6. The van der Waals surface area contributed by atoms with Crippen LogP contribution in [0.2, 0.25) is 0 Å². The molecule has 4 rings (SSSR count). The first-order valence-corrected chi connectivity index (χ1v) is 12.6. The predicted octanol–water partition coefficient (Wildman–Crippen LogP) is 7.54. The van der Waals surface area contributed by atoms with Crippen molar-refractivity contribution in [2.75, 3.05) is 27.3 Å². The van der Waals surface area contributed by atoms with Gasteiger partial charge in [0.05, 0.1) is 31.3 Å². The van der Waals surface area contributed by atoms with E-state index in [1.54, 1.807) is 12.0 Å². The second-order valence-electron chi connectivity index (χ2n) is 9.39. The molecule has 1 saturated carbocycles. The second kappa shape index (κ2) is 14.4. The summed E-state index contributed by atoms with van der Waals surface area (Å²) in [5, 5.41) is 0. The highest BCUT2D eigenvalue weighted by Gasteiger charge is 2.37. The normalized spacial score (nSPS) is 15.9. The van der Waals surface area contributed by atoms with Crippen molar-refractivity contribution >= 4 is 5.97 Å². The highest BCUT2D eigenvalue weighted by Crippen LogP contribution is 2.37. The SMILES string of the molecule is C1CC1.COC(=O)C(C)Cc1cccc(OC)c1.FC(F)(F)c1ccc(C(F)(F)F)c(CN2CCCC2)c1. The molecular weight excluding hydrogens is 512 g/mol. The van der Waals surface area contributed by atoms with Crippen LogP contribution in [0.3, 0.4) is 0 Å². The van der Waals surface area contributed by atoms with E-state index in [2.05, 4.69) is 4.74 Å². The number of nitrogens with zero attached hydrogens (tertiary/aromatic N) is 1. The van der Waals surface area contributed by atoms with Crippen LogP contribution >= 0.6 is 0 Å². The van der Waals surface area contributed by atoms with E-state index in [9.17, 15) is 31.1 Å². The standard InChI is InChI=1S/C13H13F6N.C12H16O3.C3H6/c14-12(15,16)10-3-4-11(13(17,18)19)9(7-10)8-20-5-1-2-6-20;1-9(12(13)15-3)7-10-5-4-6-11(8-10)14-2;1-2-3-1/h3-4,7H,1-2,5-6,8H2;4-6,8-9H,7H2,1-3H3;1-3H2. The molecule has 2 aliphatic rings. The fraction of sp³-hybridized carbons (Fsp3) is 0.536. The highest BCUT2D eigenvalue weighted by atomic mass is 19.4. The van der Waals surface area contributed by atoms with Gasteiger partial charge >= 0.3 is 18.3 Å². The number of hydrogen-bond donors (Lipinski definition) is 0. The molecule has 1 unspecified atom stereocenters. The zero-order valence-corrected chi connectivity index (χ0v) is 21.9. The van der Waals surface area contributed by atoms with Gasteiger partial charge in [-0.3, -0.25) is 9.69 Å². The van der Waals surface area contributed by atoms with E-state index < -0.39 is 23.5 Å². The minimum atomic E-state index is -4.64. The fourth-order valence-corrected chi connectivity index (χ4v) is 3.80. The van der Waals surface area contributed by atoms with E-state index in [1.807, 2.05) is 31.2 Å². The number of esters is 1. The number of carbonyl (C=O) groups is 1. The highest BCUT2D eigenvalue weighted by molar-refractivity contribution is 5.72. The van der Waals surface area contributed by atoms with E-state index in [0.717, 1.165) is 24.2 Å². The Morgan fingerprint density at radius 3 is 2.03 bits per heavy atom. The summed E-state index contributed by atoms with van der Waals surface area (Å²) in [5.74, 6) is 0.504. The van der Waals surface area contributed by atoms with Crippen molar-refractivity contribution in [3.05, 3.63) is 64.7 Å². The molecule has 2 aromatic rings. The lowest BCUT2D eigenvalue weighted by molar-refractivity contribution is -0.144. The zero-order chi connectivity index (χ0) is 28.3. The average Bonchev–Trinajstić information content (AvgIpc) is 3.67. The number of alkyl halides is 6. The lowest BCUT2D eigenvalue weighted by atomic mass is 10.0. The molecule has 10 heteroatoms. The zero-order valence-electron chi connectivity index (χ0n) is 21.9. The van der Waals surface area contributed by atoms with Gasteiger partial charge < -0.3 is 9.47 Å². The molecule has 1 aliphatic heterocycles. The third-order valence-electron chi connectivity index (χ3n) is 5.96. The molecule has 0 spiro atoms. The van der Waals surface area contributed by atoms with Crippen LogP contribution in [0, 0.1) is 5.92 Å². The lowest BCUT2D eigenvalue weighted by Gasteiger charge is -2.20. The van der Waals surface area contributed by atoms with Crippen LogP contribution in [-0.2, 0) is 34.8 Å². The van der Waals surface area contributed by atoms with Crippen LogP contribution in [0.5, 0.6) is 5.75 Å². The number of benzene rings is 2. The maximum atomic E-state index is 12.9. The average molecular weight is 548 g/mol. The summed E-state index contributed by atoms with van der Waals surface area (Å²) >= 11 is 0. The number of rotatable bonds is 6. The molecular formula is C28H35F6NO3. The van der Waals surface area contributed by atoms with Gasteiger partial charge in [-0.2, -0.15) is 26.3 Å². The summed E-state index contributed by atoms with van der Waals surface area (Å²) in [6.45, 7) is 2.99. The predicted molar refractivity (Wildman–Crippen MR) is 133 cm³/mol. The van der Waals surface area contributed by atoms with Gasteiger partial charge in [0.25, 0.3) is 0 Å². The Balaban J connectivity index is 0.000000248. The van der Waals surface area contributed by atoms with Crippen molar-refractivity contribution in [3.8, 4) is 5.75 Å². The molecule has 212 valence electrons. The van der Waals surface area contributed by atoms with Crippen LogP contribution in [0.1, 0.15) is 61.3 Å². The number of likely N-dealkylation sites (tertiary alicyclic amines) is 1. The number of methoxy groups -OCH3 is 2. The minimum Gasteiger partial charge on any atom is -0.497 e. The Kier molecular flexibility index (Phi) is 11.9. The Hall–Kier alpha value is -2.75. The minimum absolute atomic E-state index is 0.0984. The summed E-state index contributed by atoms with van der Waals surface area (Å²) in [6, 6.07) is 9.32. The third kappa shape index (κ3) is 10.9. The van der Waals surface area contributed by atoms with Crippen LogP contribution in [0.4, 0.5) is 26.3 Å². The number of carbonyl (C=O) groups excluding carboxylic acids is 1. The molecule has 2 fully saturated rings. The fourth-order valence-electron chi connectivity index (χ4n) is 3.80. The van der Waals surface area contributed by atoms with Gasteiger partial charge in [-0.05, 0) is 73.8 Å². The van der Waals surface area contributed by atoms with E-state index in [0.29, 0.717) is 37.7 Å². The molecule has 0 aromatic heterocycles. The Labute approximate surface area is 219 Å². The largest absolute Gasteiger partial charge is 0.497 e. The lowest BCUT2D eigenvalue weighted by Crippen LogP contribution is -2.22. The molecule has 1 heterocycles. The first-order valence-electron chi connectivity index (χ1n) is 12.6. The molecule has 0 N–H and O–H groups in total. The molecule has 0 amide bonds. The van der Waals surface area contributed by atoms with Crippen LogP contribution in [0.15, 0.2) is 42.5 Å². The topological polar surface area (TPSA) is 38.8 Å². The first kappa shape index (κ1) is 31.5. The van der Waals surface area contributed by atoms with Gasteiger partial charge in [-0.1, -0.05) is 38.3 Å². The Morgan fingerprint density at radius 2 is 1.53 bits per heavy atom. The molecule has 2 aromatic carbocycles. The molecule has 1 aliphatic carbocycles. The van der Waals surface area contributed by atoms with Gasteiger partial charge in [-0.25, -0.2) is 0 Å². The van der Waals surface area contributed by atoms with Gasteiger partial charge in [-0.15, -0.1) is 0 Å². The molecule has 1 saturated heterocycles. The first-order chi connectivity index (χ1) is 17.8. The van der Waals surface area contributed by atoms with Crippen LogP contribution < -0.4 is 4.74 Å². The number of hydrogen-bond acceptors (Lipinski definition) is 4. The van der Waals surface area contributed by atoms with Gasteiger partial charge in [0.2, 0.25) is 0 Å². The monoisotopic (exact) mass is 547 g/mol. The van der Waals surface area contributed by atoms with Crippen molar-refractivity contribution in [2.24, 2.45) is 5.92 Å². The van der Waals surface area contributed by atoms with Crippen LogP contribution in [0.25, 0.3) is 0 Å². The van der Waals surface area contributed by atoms with Gasteiger partial charge in [0.15, 0.2) is 0 Å². The Morgan fingerprint density at radius 1 is 0.895 bits per heavy atom. The molecule has 4 nitrogen and oxygen atoms in total. The molecule has 1 atom stereocenters. The van der Waals surface area contributed by atoms with Crippen molar-refractivity contribution in [1.29, 1.82) is 0 Å². The van der Waals surface area contributed by atoms with Gasteiger partial charge in [0, 0.05) is 6.54 Å². The van der Waals surface area contributed by atoms with E-state index in [-0.39, 0.29) is 24.0 Å². The quantitative estimate of drug-likeness (QED) is 0.277. The van der Waals surface area contributed by atoms with Gasteiger partial charge in [0.1, 0.15) is 5.75 Å². The molecule has 0 bridgehead atoms. The molecule has 38 heavy (non-hydrogen) atoms. The number of ether oxygens (including phenoxy) is 2. The summed E-state index contributed by atoms with van der Waals surface area (Å²) in [4.78, 5) is 13.0. The summed E-state index contributed by atoms with van der Waals surface area (Å²) < 4.78 is 86.2.